The first-order valence-electron chi connectivity index (χ1n) is 6.59. The van der Waals surface area contributed by atoms with Gasteiger partial charge in [-0.05, 0) is 41.4 Å². The van der Waals surface area contributed by atoms with E-state index in [9.17, 15) is 23.6 Å². The lowest BCUT2D eigenvalue weighted by atomic mass is 9.99. The van der Waals surface area contributed by atoms with Crippen LogP contribution in [0.2, 0.25) is 0 Å². The highest BCUT2D eigenvalue weighted by atomic mass is 32.2. The van der Waals surface area contributed by atoms with Crippen LogP contribution >= 0.6 is 11.3 Å². The van der Waals surface area contributed by atoms with E-state index in [0.29, 0.717) is 5.56 Å². The Hall–Kier alpha value is -1.97. The Balaban J connectivity index is 2.28. The zero-order valence-electron chi connectivity index (χ0n) is 12.5. The van der Waals surface area contributed by atoms with Gasteiger partial charge in [0.1, 0.15) is 11.3 Å². The number of sulfone groups is 1. The third-order valence-electron chi connectivity index (χ3n) is 3.36. The van der Waals surface area contributed by atoms with Gasteiger partial charge in [-0.25, -0.2) is 8.42 Å². The van der Waals surface area contributed by atoms with E-state index in [2.05, 4.69) is 5.32 Å². The molecule has 23 heavy (non-hydrogen) atoms. The van der Waals surface area contributed by atoms with Crippen molar-refractivity contribution in [2.75, 3.05) is 18.1 Å². The molecule has 0 bridgehead atoms. The van der Waals surface area contributed by atoms with E-state index in [1.165, 1.54) is 23.5 Å². The number of aliphatic hydroxyl groups is 1. The summed E-state index contributed by atoms with van der Waals surface area (Å²) in [5.41, 5.74) is -0.707. The standard InChI is InChI=1S/C14H16N2O5S2/c1-14(17,10-5-6-22-8-10)9-15-12-4-3-11(23(2,20)21)7-13(12)16(18)19/h3-8,15,17H,9H2,1-2H3. The monoisotopic (exact) mass is 356 g/mol. The van der Waals surface area contributed by atoms with Gasteiger partial charge in [0.2, 0.25) is 0 Å². The largest absolute Gasteiger partial charge is 0.384 e. The zero-order valence-corrected chi connectivity index (χ0v) is 14.1. The summed E-state index contributed by atoms with van der Waals surface area (Å²) in [6.45, 7) is 1.64. The maximum absolute atomic E-state index is 11.5. The van der Waals surface area contributed by atoms with Crippen molar-refractivity contribution in [1.29, 1.82) is 0 Å². The van der Waals surface area contributed by atoms with Crippen LogP contribution in [0.1, 0.15) is 12.5 Å². The average molecular weight is 356 g/mol. The lowest BCUT2D eigenvalue weighted by Gasteiger charge is -2.23. The highest BCUT2D eigenvalue weighted by Crippen LogP contribution is 2.30. The van der Waals surface area contributed by atoms with Gasteiger partial charge in [0, 0.05) is 18.9 Å². The van der Waals surface area contributed by atoms with Crippen molar-refractivity contribution >= 4 is 32.5 Å². The van der Waals surface area contributed by atoms with E-state index in [0.717, 1.165) is 12.3 Å². The maximum atomic E-state index is 11.5. The van der Waals surface area contributed by atoms with Crippen LogP contribution in [0.4, 0.5) is 11.4 Å². The normalized spacial score (nSPS) is 14.2. The summed E-state index contributed by atoms with van der Waals surface area (Å²) in [6, 6.07) is 5.41. The fourth-order valence-corrected chi connectivity index (χ4v) is 3.41. The summed E-state index contributed by atoms with van der Waals surface area (Å²) in [6.07, 6.45) is 0.987. The molecule has 0 fully saturated rings. The Morgan fingerprint density at radius 3 is 2.61 bits per heavy atom. The number of hydrogen-bond donors (Lipinski definition) is 2. The van der Waals surface area contributed by atoms with Crippen molar-refractivity contribution in [2.45, 2.75) is 17.4 Å². The van der Waals surface area contributed by atoms with Crippen molar-refractivity contribution in [3.8, 4) is 0 Å². The Bertz CT molecular complexity index is 814. The zero-order chi connectivity index (χ0) is 17.3. The van der Waals surface area contributed by atoms with Crippen molar-refractivity contribution in [3.63, 3.8) is 0 Å². The molecule has 0 amide bonds. The van der Waals surface area contributed by atoms with Gasteiger partial charge < -0.3 is 10.4 Å². The molecule has 0 spiro atoms. The van der Waals surface area contributed by atoms with Crippen LogP contribution in [-0.4, -0.2) is 31.2 Å². The number of benzene rings is 1. The summed E-state index contributed by atoms with van der Waals surface area (Å²) in [7, 11) is -3.53. The molecule has 1 aromatic carbocycles. The average Bonchev–Trinajstić information content (AvgIpc) is 2.99. The lowest BCUT2D eigenvalue weighted by molar-refractivity contribution is -0.384. The predicted octanol–water partition coefficient (Wildman–Crippen LogP) is 2.38. The topological polar surface area (TPSA) is 110 Å². The van der Waals surface area contributed by atoms with Crippen LogP contribution in [0.25, 0.3) is 0 Å². The first kappa shape index (κ1) is 17.4. The van der Waals surface area contributed by atoms with E-state index in [1.807, 2.05) is 5.38 Å². The fraction of sp³-hybridized carbons (Fsp3) is 0.286. The number of nitrogens with one attached hydrogen (secondary N) is 1. The van der Waals surface area contributed by atoms with Crippen LogP contribution < -0.4 is 5.32 Å². The molecule has 0 aliphatic rings. The summed E-state index contributed by atoms with van der Waals surface area (Å²) >= 11 is 1.44. The highest BCUT2D eigenvalue weighted by Gasteiger charge is 2.25. The van der Waals surface area contributed by atoms with Crippen LogP contribution in [0.3, 0.4) is 0 Å². The molecule has 1 atom stereocenters. The number of nitrogens with zero attached hydrogens (tertiary/aromatic N) is 1. The minimum Gasteiger partial charge on any atom is -0.384 e. The van der Waals surface area contributed by atoms with Crippen LogP contribution in [0.15, 0.2) is 39.9 Å². The number of rotatable bonds is 6. The van der Waals surface area contributed by atoms with Gasteiger partial charge in [0.15, 0.2) is 9.84 Å². The number of nitro benzene ring substituents is 1. The molecule has 2 rings (SSSR count). The van der Waals surface area contributed by atoms with E-state index >= 15 is 0 Å². The second-order valence-corrected chi connectivity index (χ2v) is 8.14. The quantitative estimate of drug-likeness (QED) is 0.607. The third kappa shape index (κ3) is 4.06. The fourth-order valence-electron chi connectivity index (χ4n) is 1.98. The van der Waals surface area contributed by atoms with Crippen molar-refractivity contribution in [1.82, 2.24) is 0 Å². The molecule has 2 N–H and O–H groups in total. The van der Waals surface area contributed by atoms with Gasteiger partial charge in [-0.2, -0.15) is 11.3 Å². The molecular weight excluding hydrogens is 340 g/mol. The highest BCUT2D eigenvalue weighted by molar-refractivity contribution is 7.90. The van der Waals surface area contributed by atoms with Crippen LogP contribution in [-0.2, 0) is 15.4 Å². The molecule has 1 heterocycles. The number of thiophene rings is 1. The molecule has 9 heteroatoms. The lowest BCUT2D eigenvalue weighted by Crippen LogP contribution is -2.30. The van der Waals surface area contributed by atoms with Gasteiger partial charge in [-0.3, -0.25) is 10.1 Å². The molecule has 0 saturated carbocycles. The molecule has 0 aliphatic carbocycles. The number of anilines is 1. The van der Waals surface area contributed by atoms with Gasteiger partial charge in [-0.1, -0.05) is 0 Å². The van der Waals surface area contributed by atoms with E-state index in [1.54, 1.807) is 18.4 Å². The minimum atomic E-state index is -3.53. The van der Waals surface area contributed by atoms with E-state index < -0.39 is 20.4 Å². The molecular formula is C14H16N2O5S2. The molecule has 0 saturated heterocycles. The van der Waals surface area contributed by atoms with Crippen LogP contribution in [0, 0.1) is 10.1 Å². The molecule has 1 unspecified atom stereocenters. The van der Waals surface area contributed by atoms with Gasteiger partial charge in [-0.15, -0.1) is 0 Å². The van der Waals surface area contributed by atoms with Crippen molar-refractivity contribution in [3.05, 3.63) is 50.7 Å². The first-order valence-corrected chi connectivity index (χ1v) is 9.42. The summed E-state index contributed by atoms with van der Waals surface area (Å²) in [4.78, 5) is 10.4. The molecule has 124 valence electrons. The SMILES string of the molecule is CC(O)(CNc1ccc(S(C)(=O)=O)cc1[N+](=O)[O-])c1ccsc1. The van der Waals surface area contributed by atoms with Gasteiger partial charge in [0.05, 0.1) is 9.82 Å². The second-order valence-electron chi connectivity index (χ2n) is 5.35. The smallest absolute Gasteiger partial charge is 0.293 e. The third-order valence-corrected chi connectivity index (χ3v) is 5.15. The first-order chi connectivity index (χ1) is 10.6. The Kier molecular flexibility index (Phi) is 4.73. The summed E-state index contributed by atoms with van der Waals surface area (Å²) in [5.74, 6) is 0. The Labute approximate surface area is 137 Å². The minimum absolute atomic E-state index is 0.0444. The summed E-state index contributed by atoms with van der Waals surface area (Å²) in [5, 5.41) is 28.0. The molecule has 7 nitrogen and oxygen atoms in total. The van der Waals surface area contributed by atoms with Crippen molar-refractivity contribution < 1.29 is 18.4 Å². The van der Waals surface area contributed by atoms with Gasteiger partial charge >= 0.3 is 0 Å². The number of hydrogen-bond acceptors (Lipinski definition) is 7. The maximum Gasteiger partial charge on any atom is 0.293 e. The van der Waals surface area contributed by atoms with Crippen molar-refractivity contribution in [2.24, 2.45) is 0 Å². The van der Waals surface area contributed by atoms with E-state index in [-0.39, 0.29) is 22.8 Å². The Morgan fingerprint density at radius 1 is 1.39 bits per heavy atom. The molecule has 2 aromatic rings. The summed E-state index contributed by atoms with van der Waals surface area (Å²) < 4.78 is 23.0. The molecule has 0 radical (unpaired) electrons. The molecule has 1 aromatic heterocycles. The predicted molar refractivity (Wildman–Crippen MR) is 88.6 cm³/mol. The molecule has 0 aliphatic heterocycles. The van der Waals surface area contributed by atoms with Crippen LogP contribution in [0.5, 0.6) is 0 Å². The second kappa shape index (κ2) is 6.26. The van der Waals surface area contributed by atoms with Gasteiger partial charge in [0.25, 0.3) is 5.69 Å². The van der Waals surface area contributed by atoms with E-state index in [4.69, 9.17) is 0 Å². The number of nitro groups is 1. The Morgan fingerprint density at radius 2 is 2.09 bits per heavy atom.